The fourth-order valence-electron chi connectivity index (χ4n) is 2.80. The van der Waals surface area contributed by atoms with E-state index < -0.39 is 0 Å². The Balaban J connectivity index is 2.18. The SMILES string of the molecule is CCCCCCCC(=O)Nc1ccc(CCCCCCC)cc1. The predicted molar refractivity (Wildman–Crippen MR) is 101 cm³/mol. The molecular weight excluding hydrogens is 282 g/mol. The van der Waals surface area contributed by atoms with Crippen molar-refractivity contribution in [2.45, 2.75) is 90.9 Å². The fraction of sp³-hybridized carbons (Fsp3) is 0.667. The molecule has 0 heterocycles. The van der Waals surface area contributed by atoms with Crippen molar-refractivity contribution < 1.29 is 4.79 Å². The minimum Gasteiger partial charge on any atom is -0.326 e. The number of nitrogens with one attached hydrogen (secondary N) is 1. The highest BCUT2D eigenvalue weighted by molar-refractivity contribution is 5.90. The molecule has 23 heavy (non-hydrogen) atoms. The minimum absolute atomic E-state index is 0.147. The smallest absolute Gasteiger partial charge is 0.224 e. The van der Waals surface area contributed by atoms with Gasteiger partial charge in [-0.05, 0) is 37.0 Å². The number of hydrogen-bond donors (Lipinski definition) is 1. The van der Waals surface area contributed by atoms with Gasteiger partial charge in [-0.2, -0.15) is 0 Å². The summed E-state index contributed by atoms with van der Waals surface area (Å²) in [5, 5.41) is 3.01. The third-order valence-corrected chi connectivity index (χ3v) is 4.31. The van der Waals surface area contributed by atoms with E-state index in [-0.39, 0.29) is 5.91 Å². The largest absolute Gasteiger partial charge is 0.326 e. The second-order valence-corrected chi connectivity index (χ2v) is 6.57. The van der Waals surface area contributed by atoms with Crippen molar-refractivity contribution >= 4 is 11.6 Å². The highest BCUT2D eigenvalue weighted by atomic mass is 16.1. The summed E-state index contributed by atoms with van der Waals surface area (Å²) in [6.45, 7) is 4.46. The highest BCUT2D eigenvalue weighted by Crippen LogP contribution is 2.14. The van der Waals surface area contributed by atoms with Crippen molar-refractivity contribution in [2.24, 2.45) is 0 Å². The Hall–Kier alpha value is -1.31. The van der Waals surface area contributed by atoms with Gasteiger partial charge in [0.15, 0.2) is 0 Å². The standard InChI is InChI=1S/C21H35NO/c1-3-5-7-9-11-13-19-15-17-20(18-16-19)22-21(23)14-12-10-8-6-4-2/h15-18H,3-14H2,1-2H3,(H,22,23). The number of benzene rings is 1. The maximum atomic E-state index is 11.9. The van der Waals surface area contributed by atoms with Gasteiger partial charge in [0.25, 0.3) is 0 Å². The minimum atomic E-state index is 0.147. The monoisotopic (exact) mass is 317 g/mol. The van der Waals surface area contributed by atoms with Gasteiger partial charge in [-0.15, -0.1) is 0 Å². The topological polar surface area (TPSA) is 29.1 Å². The summed E-state index contributed by atoms with van der Waals surface area (Å²) in [5.41, 5.74) is 2.30. The van der Waals surface area contributed by atoms with Crippen molar-refractivity contribution in [1.29, 1.82) is 0 Å². The Morgan fingerprint density at radius 2 is 1.35 bits per heavy atom. The van der Waals surface area contributed by atoms with Gasteiger partial charge >= 0.3 is 0 Å². The Bertz CT molecular complexity index is 410. The molecule has 1 N–H and O–H groups in total. The third kappa shape index (κ3) is 10.1. The summed E-state index contributed by atoms with van der Waals surface area (Å²) < 4.78 is 0. The molecule has 0 aliphatic heterocycles. The zero-order valence-corrected chi connectivity index (χ0v) is 15.2. The number of aryl methyl sites for hydroxylation is 1. The van der Waals surface area contributed by atoms with Gasteiger partial charge in [-0.3, -0.25) is 4.79 Å². The molecule has 1 rings (SSSR count). The molecular formula is C21H35NO. The van der Waals surface area contributed by atoms with Crippen LogP contribution in [0.15, 0.2) is 24.3 Å². The van der Waals surface area contributed by atoms with Gasteiger partial charge in [-0.1, -0.05) is 77.3 Å². The second-order valence-electron chi connectivity index (χ2n) is 6.57. The van der Waals surface area contributed by atoms with Crippen LogP contribution >= 0.6 is 0 Å². The lowest BCUT2D eigenvalue weighted by atomic mass is 10.1. The Morgan fingerprint density at radius 1 is 0.783 bits per heavy atom. The summed E-state index contributed by atoms with van der Waals surface area (Å²) >= 11 is 0. The van der Waals surface area contributed by atoms with Crippen LogP contribution in [0, 0.1) is 0 Å². The van der Waals surface area contributed by atoms with Crippen molar-refractivity contribution in [2.75, 3.05) is 5.32 Å². The van der Waals surface area contributed by atoms with Gasteiger partial charge in [0.2, 0.25) is 5.91 Å². The number of amides is 1. The van der Waals surface area contributed by atoms with Gasteiger partial charge < -0.3 is 5.32 Å². The summed E-state index contributed by atoms with van der Waals surface area (Å²) in [6.07, 6.45) is 14.3. The summed E-state index contributed by atoms with van der Waals surface area (Å²) in [4.78, 5) is 11.9. The van der Waals surface area contributed by atoms with E-state index in [0.717, 1.165) is 24.9 Å². The first kappa shape index (κ1) is 19.7. The molecule has 1 aromatic carbocycles. The normalized spacial score (nSPS) is 10.7. The maximum absolute atomic E-state index is 11.9. The average molecular weight is 318 g/mol. The van der Waals surface area contributed by atoms with Crippen molar-refractivity contribution in [1.82, 2.24) is 0 Å². The number of carbonyl (C=O) groups excluding carboxylic acids is 1. The molecule has 0 aliphatic rings. The third-order valence-electron chi connectivity index (χ3n) is 4.31. The highest BCUT2D eigenvalue weighted by Gasteiger charge is 2.02. The first-order valence-electron chi connectivity index (χ1n) is 9.65. The molecule has 0 saturated heterocycles. The van der Waals surface area contributed by atoms with Crippen LogP contribution in [-0.2, 0) is 11.2 Å². The Kier molecular flexibility index (Phi) is 11.3. The number of carbonyl (C=O) groups is 1. The van der Waals surface area contributed by atoms with E-state index in [4.69, 9.17) is 0 Å². The van der Waals surface area contributed by atoms with Crippen LogP contribution in [0.1, 0.15) is 90.0 Å². The zero-order chi connectivity index (χ0) is 16.8. The van der Waals surface area contributed by atoms with Crippen molar-refractivity contribution in [3.05, 3.63) is 29.8 Å². The molecule has 1 aromatic rings. The number of rotatable bonds is 13. The van der Waals surface area contributed by atoms with E-state index in [0.29, 0.717) is 6.42 Å². The van der Waals surface area contributed by atoms with E-state index in [1.165, 1.54) is 56.9 Å². The number of hydrogen-bond acceptors (Lipinski definition) is 1. The molecule has 2 heteroatoms. The van der Waals surface area contributed by atoms with E-state index in [1.807, 2.05) is 12.1 Å². The van der Waals surface area contributed by atoms with Crippen LogP contribution in [0.25, 0.3) is 0 Å². The molecule has 0 saturated carbocycles. The van der Waals surface area contributed by atoms with E-state index in [2.05, 4.69) is 31.3 Å². The van der Waals surface area contributed by atoms with E-state index >= 15 is 0 Å². The lowest BCUT2D eigenvalue weighted by molar-refractivity contribution is -0.116. The van der Waals surface area contributed by atoms with Gasteiger partial charge in [0.1, 0.15) is 0 Å². The van der Waals surface area contributed by atoms with Gasteiger partial charge in [-0.25, -0.2) is 0 Å². The summed E-state index contributed by atoms with van der Waals surface area (Å²) in [5.74, 6) is 0.147. The average Bonchev–Trinajstić information content (AvgIpc) is 2.56. The second kappa shape index (κ2) is 13.2. The molecule has 0 atom stereocenters. The van der Waals surface area contributed by atoms with E-state index in [1.54, 1.807) is 0 Å². The lowest BCUT2D eigenvalue weighted by Crippen LogP contribution is -2.10. The quantitative estimate of drug-likeness (QED) is 0.413. The molecule has 0 fully saturated rings. The predicted octanol–water partition coefficient (Wildman–Crippen LogP) is 6.50. The molecule has 130 valence electrons. The zero-order valence-electron chi connectivity index (χ0n) is 15.2. The van der Waals surface area contributed by atoms with Crippen LogP contribution < -0.4 is 5.32 Å². The molecule has 0 aromatic heterocycles. The first-order chi connectivity index (χ1) is 11.3. The van der Waals surface area contributed by atoms with Crippen molar-refractivity contribution in [3.8, 4) is 0 Å². The number of unbranched alkanes of at least 4 members (excludes halogenated alkanes) is 8. The van der Waals surface area contributed by atoms with Crippen LogP contribution in [0.5, 0.6) is 0 Å². The van der Waals surface area contributed by atoms with Crippen LogP contribution in [0.3, 0.4) is 0 Å². The molecule has 0 spiro atoms. The summed E-state index contributed by atoms with van der Waals surface area (Å²) in [6, 6.07) is 8.38. The molecule has 0 aliphatic carbocycles. The first-order valence-corrected chi connectivity index (χ1v) is 9.65. The molecule has 2 nitrogen and oxygen atoms in total. The van der Waals surface area contributed by atoms with Crippen LogP contribution in [0.2, 0.25) is 0 Å². The molecule has 0 radical (unpaired) electrons. The fourth-order valence-corrected chi connectivity index (χ4v) is 2.80. The molecule has 1 amide bonds. The van der Waals surface area contributed by atoms with Gasteiger partial charge in [0, 0.05) is 12.1 Å². The van der Waals surface area contributed by atoms with E-state index in [9.17, 15) is 4.79 Å². The van der Waals surface area contributed by atoms with Crippen molar-refractivity contribution in [3.63, 3.8) is 0 Å². The molecule has 0 unspecified atom stereocenters. The molecule has 0 bridgehead atoms. The lowest BCUT2D eigenvalue weighted by Gasteiger charge is -2.07. The number of anilines is 1. The summed E-state index contributed by atoms with van der Waals surface area (Å²) in [7, 11) is 0. The maximum Gasteiger partial charge on any atom is 0.224 e. The Morgan fingerprint density at radius 3 is 1.96 bits per heavy atom. The van der Waals surface area contributed by atoms with Gasteiger partial charge in [0.05, 0.1) is 0 Å². The Labute approximate surface area is 143 Å². The van der Waals surface area contributed by atoms with Crippen LogP contribution in [-0.4, -0.2) is 5.91 Å². The van der Waals surface area contributed by atoms with Crippen LogP contribution in [0.4, 0.5) is 5.69 Å².